The minimum Gasteiger partial charge on any atom is -0.310 e. The monoisotopic (exact) mass is 452 g/mol. The number of nitrogens with zero attached hydrogens (tertiary/aromatic N) is 4. The second-order valence-corrected chi connectivity index (χ2v) is 9.65. The molecule has 7 rings (SSSR count). The van der Waals surface area contributed by atoms with Crippen LogP contribution >= 0.6 is 0 Å². The first kappa shape index (κ1) is 20.0. The number of hydrogen-bond acceptors (Lipinski definition) is 3. The fraction of sp³-hybridized carbons (Fsp3) is 0.0968. The van der Waals surface area contributed by atoms with Crippen LogP contribution in [0.5, 0.6) is 0 Å². The Morgan fingerprint density at radius 3 is 1.89 bits per heavy atom. The first-order valence-electron chi connectivity index (χ1n) is 12.0. The molecule has 4 nitrogen and oxygen atoms in total. The van der Waals surface area contributed by atoms with Crippen LogP contribution in [0.2, 0.25) is 0 Å². The minimum absolute atomic E-state index is 0.0640. The standard InChI is InChI=1S/C31H24N4/c1-31(2)25-11-5-7-13-28(25)34(29-14-8-6-12-26(29)31)22-16-18-23(19-17-22)35-32-27-20-15-21-9-3-4-10-24(21)30(27)33-35/h3-20H,1-2H3. The molecule has 1 aliphatic rings. The third kappa shape index (κ3) is 2.93. The van der Waals surface area contributed by atoms with Crippen LogP contribution in [0, 0.1) is 0 Å². The molecule has 168 valence electrons. The Kier molecular flexibility index (Phi) is 4.15. The molecule has 5 aromatic carbocycles. The van der Waals surface area contributed by atoms with Crippen LogP contribution in [-0.4, -0.2) is 15.0 Å². The molecule has 6 aromatic rings. The minimum atomic E-state index is -0.0640. The zero-order valence-electron chi connectivity index (χ0n) is 19.7. The van der Waals surface area contributed by atoms with Gasteiger partial charge in [0.25, 0.3) is 0 Å². The lowest BCUT2D eigenvalue weighted by Gasteiger charge is -2.42. The van der Waals surface area contributed by atoms with Crippen LogP contribution in [-0.2, 0) is 5.41 Å². The Morgan fingerprint density at radius 2 is 1.17 bits per heavy atom. The van der Waals surface area contributed by atoms with Crippen molar-refractivity contribution in [2.45, 2.75) is 19.3 Å². The summed E-state index contributed by atoms with van der Waals surface area (Å²) in [6.07, 6.45) is 0. The van der Waals surface area contributed by atoms with Crippen LogP contribution in [0.1, 0.15) is 25.0 Å². The molecule has 0 fully saturated rings. The number of para-hydroxylation sites is 2. The smallest absolute Gasteiger partial charge is 0.121 e. The van der Waals surface area contributed by atoms with E-state index in [1.54, 1.807) is 4.80 Å². The van der Waals surface area contributed by atoms with E-state index in [9.17, 15) is 0 Å². The third-order valence-electron chi connectivity index (χ3n) is 7.25. The second kappa shape index (κ2) is 7.28. The number of anilines is 3. The second-order valence-electron chi connectivity index (χ2n) is 9.65. The fourth-order valence-electron chi connectivity index (χ4n) is 5.45. The molecule has 0 spiro atoms. The number of fused-ring (bicyclic) bond motifs is 5. The summed E-state index contributed by atoms with van der Waals surface area (Å²) in [5, 5.41) is 11.9. The van der Waals surface area contributed by atoms with Crippen molar-refractivity contribution in [2.75, 3.05) is 4.90 Å². The van der Waals surface area contributed by atoms with Gasteiger partial charge in [0.15, 0.2) is 0 Å². The van der Waals surface area contributed by atoms with E-state index in [0.717, 1.165) is 27.8 Å². The van der Waals surface area contributed by atoms with Gasteiger partial charge in [-0.25, -0.2) is 0 Å². The predicted octanol–water partition coefficient (Wildman–Crippen LogP) is 7.68. The van der Waals surface area contributed by atoms with Gasteiger partial charge in [0, 0.05) is 16.5 Å². The van der Waals surface area contributed by atoms with E-state index in [4.69, 9.17) is 10.2 Å². The molecule has 0 radical (unpaired) electrons. The highest BCUT2D eigenvalue weighted by Gasteiger charge is 2.36. The van der Waals surface area contributed by atoms with E-state index in [0.29, 0.717) is 0 Å². The molecule has 2 heterocycles. The highest BCUT2D eigenvalue weighted by molar-refractivity contribution is 6.03. The maximum atomic E-state index is 4.84. The van der Waals surface area contributed by atoms with Crippen molar-refractivity contribution in [1.29, 1.82) is 0 Å². The molecule has 0 saturated carbocycles. The van der Waals surface area contributed by atoms with Gasteiger partial charge < -0.3 is 4.90 Å². The lowest BCUT2D eigenvalue weighted by molar-refractivity contribution is 0.632. The molecule has 1 aromatic heterocycles. The van der Waals surface area contributed by atoms with Gasteiger partial charge in [0.1, 0.15) is 11.0 Å². The molecule has 1 aliphatic heterocycles. The van der Waals surface area contributed by atoms with Crippen molar-refractivity contribution in [3.05, 3.63) is 120 Å². The topological polar surface area (TPSA) is 34.0 Å². The summed E-state index contributed by atoms with van der Waals surface area (Å²) >= 11 is 0. The first-order chi connectivity index (χ1) is 17.1. The zero-order valence-corrected chi connectivity index (χ0v) is 19.7. The largest absolute Gasteiger partial charge is 0.310 e. The Balaban J connectivity index is 1.34. The van der Waals surface area contributed by atoms with Gasteiger partial charge in [-0.15, -0.1) is 10.2 Å². The SMILES string of the molecule is CC1(C)c2ccccc2N(c2ccc(-n3nc4ccc5ccccc5c4n3)cc2)c2ccccc21. The molecular weight excluding hydrogens is 428 g/mol. The Morgan fingerprint density at radius 1 is 0.571 bits per heavy atom. The predicted molar refractivity (Wildman–Crippen MR) is 143 cm³/mol. The van der Waals surface area contributed by atoms with E-state index in [1.165, 1.54) is 27.9 Å². The van der Waals surface area contributed by atoms with Crippen LogP contribution < -0.4 is 4.90 Å². The molecule has 0 atom stereocenters. The van der Waals surface area contributed by atoms with Gasteiger partial charge in [-0.3, -0.25) is 0 Å². The normalized spacial score (nSPS) is 14.2. The summed E-state index contributed by atoms with van der Waals surface area (Å²) in [5.41, 5.74) is 8.91. The van der Waals surface area contributed by atoms with E-state index >= 15 is 0 Å². The summed E-state index contributed by atoms with van der Waals surface area (Å²) in [4.78, 5) is 4.10. The Bertz CT molecular complexity index is 1680. The molecule has 0 aliphatic carbocycles. The van der Waals surface area contributed by atoms with Gasteiger partial charge >= 0.3 is 0 Å². The van der Waals surface area contributed by atoms with Crippen molar-refractivity contribution < 1.29 is 0 Å². The van der Waals surface area contributed by atoms with Crippen molar-refractivity contribution in [1.82, 2.24) is 15.0 Å². The van der Waals surface area contributed by atoms with E-state index < -0.39 is 0 Å². The first-order valence-corrected chi connectivity index (χ1v) is 12.0. The maximum absolute atomic E-state index is 4.84. The Hall–Kier alpha value is -4.44. The summed E-state index contributed by atoms with van der Waals surface area (Å²) in [7, 11) is 0. The number of aromatic nitrogens is 3. The molecule has 0 bridgehead atoms. The molecule has 0 amide bonds. The molecule has 4 heteroatoms. The lowest BCUT2D eigenvalue weighted by atomic mass is 9.73. The molecule has 0 N–H and O–H groups in total. The van der Waals surface area contributed by atoms with Crippen molar-refractivity contribution >= 4 is 38.9 Å². The van der Waals surface area contributed by atoms with Crippen molar-refractivity contribution in [3.63, 3.8) is 0 Å². The molecular formula is C31H24N4. The quantitative estimate of drug-likeness (QED) is 0.270. The van der Waals surface area contributed by atoms with Gasteiger partial charge in [-0.05, 0) is 59.0 Å². The van der Waals surface area contributed by atoms with Crippen LogP contribution in [0.25, 0.3) is 27.5 Å². The van der Waals surface area contributed by atoms with E-state index in [1.807, 2.05) is 12.1 Å². The zero-order chi connectivity index (χ0) is 23.6. The van der Waals surface area contributed by atoms with E-state index in [2.05, 4.69) is 116 Å². The van der Waals surface area contributed by atoms with E-state index in [-0.39, 0.29) is 5.41 Å². The van der Waals surface area contributed by atoms with Crippen LogP contribution in [0.3, 0.4) is 0 Å². The van der Waals surface area contributed by atoms with Gasteiger partial charge in [0.05, 0.1) is 17.1 Å². The van der Waals surface area contributed by atoms with Crippen molar-refractivity contribution in [3.8, 4) is 5.69 Å². The maximum Gasteiger partial charge on any atom is 0.121 e. The fourth-order valence-corrected chi connectivity index (χ4v) is 5.45. The summed E-state index contributed by atoms with van der Waals surface area (Å²) in [6, 6.07) is 38.4. The highest BCUT2D eigenvalue weighted by atomic mass is 15.5. The van der Waals surface area contributed by atoms with Crippen molar-refractivity contribution in [2.24, 2.45) is 0 Å². The average molecular weight is 453 g/mol. The van der Waals surface area contributed by atoms with Gasteiger partial charge in [-0.1, -0.05) is 80.6 Å². The van der Waals surface area contributed by atoms with Gasteiger partial charge in [-0.2, -0.15) is 4.80 Å². The number of hydrogen-bond donors (Lipinski definition) is 0. The molecule has 35 heavy (non-hydrogen) atoms. The average Bonchev–Trinajstić information content (AvgIpc) is 3.35. The third-order valence-corrected chi connectivity index (χ3v) is 7.25. The van der Waals surface area contributed by atoms with Crippen LogP contribution in [0.15, 0.2) is 109 Å². The number of rotatable bonds is 2. The summed E-state index contributed by atoms with van der Waals surface area (Å²) in [6.45, 7) is 4.62. The number of benzene rings is 5. The lowest BCUT2D eigenvalue weighted by Crippen LogP contribution is -2.30. The van der Waals surface area contributed by atoms with Gasteiger partial charge in [0.2, 0.25) is 0 Å². The summed E-state index contributed by atoms with van der Waals surface area (Å²) < 4.78 is 0. The molecule has 0 saturated heterocycles. The van der Waals surface area contributed by atoms with Crippen LogP contribution in [0.4, 0.5) is 17.1 Å². The highest BCUT2D eigenvalue weighted by Crippen LogP contribution is 2.51. The Labute approximate surface area is 204 Å². The summed E-state index contributed by atoms with van der Waals surface area (Å²) in [5.74, 6) is 0. The molecule has 0 unspecified atom stereocenters.